The van der Waals surface area contributed by atoms with Crippen molar-refractivity contribution in [3.63, 3.8) is 0 Å². The van der Waals surface area contributed by atoms with Crippen LogP contribution in [0.2, 0.25) is 0 Å². The fourth-order valence-electron chi connectivity index (χ4n) is 2.50. The molecule has 0 spiro atoms. The monoisotopic (exact) mass is 290 g/mol. The molecule has 0 atom stereocenters. The Hall–Kier alpha value is -1.55. The molecule has 1 heterocycles. The lowest BCUT2D eigenvalue weighted by molar-refractivity contribution is -0.134. The summed E-state index contributed by atoms with van der Waals surface area (Å²) in [6.07, 6.45) is 0. The predicted octanol–water partition coefficient (Wildman–Crippen LogP) is 2.14. The number of carbonyl (C=O) groups is 1. The number of benzene rings is 1. The van der Waals surface area contributed by atoms with Crippen molar-refractivity contribution >= 4 is 5.91 Å². The van der Waals surface area contributed by atoms with Gasteiger partial charge in [0.2, 0.25) is 0 Å². The number of hydrogen-bond acceptors (Lipinski definition) is 3. The summed E-state index contributed by atoms with van der Waals surface area (Å²) in [5.41, 5.74) is 1.14. The topological polar surface area (TPSA) is 32.8 Å². The third kappa shape index (κ3) is 4.21. The van der Waals surface area contributed by atoms with E-state index in [9.17, 15) is 4.79 Å². The van der Waals surface area contributed by atoms with E-state index in [-0.39, 0.29) is 17.9 Å². The van der Waals surface area contributed by atoms with E-state index < -0.39 is 0 Å². The quantitative estimate of drug-likeness (QED) is 0.855. The van der Waals surface area contributed by atoms with Crippen LogP contribution in [0.3, 0.4) is 0 Å². The molecule has 1 fully saturated rings. The van der Waals surface area contributed by atoms with Gasteiger partial charge >= 0.3 is 0 Å². The Labute approximate surface area is 127 Å². The molecule has 1 aliphatic rings. The average Bonchev–Trinajstić information content (AvgIpc) is 2.45. The number of carbonyl (C=O) groups excluding carboxylic acids is 1. The molecule has 2 rings (SSSR count). The van der Waals surface area contributed by atoms with E-state index in [0.717, 1.165) is 37.5 Å². The minimum atomic E-state index is 0.00742. The maximum atomic E-state index is 12.2. The summed E-state index contributed by atoms with van der Waals surface area (Å²) in [5, 5.41) is 0. The normalized spacial score (nSPS) is 16.9. The molecule has 4 heteroatoms. The van der Waals surface area contributed by atoms with Crippen LogP contribution < -0.4 is 4.74 Å². The van der Waals surface area contributed by atoms with Gasteiger partial charge in [0.25, 0.3) is 5.91 Å². The highest BCUT2D eigenvalue weighted by molar-refractivity contribution is 5.78. The first-order valence-electron chi connectivity index (χ1n) is 7.56. The molecule has 0 unspecified atom stereocenters. The van der Waals surface area contributed by atoms with Crippen LogP contribution in [0.15, 0.2) is 24.3 Å². The Balaban J connectivity index is 1.96. The second kappa shape index (κ2) is 6.48. The summed E-state index contributed by atoms with van der Waals surface area (Å²) >= 11 is 0. The van der Waals surface area contributed by atoms with Gasteiger partial charge in [-0.05, 0) is 24.1 Å². The van der Waals surface area contributed by atoms with Crippen LogP contribution >= 0.6 is 0 Å². The van der Waals surface area contributed by atoms with Crippen LogP contribution in [0.1, 0.15) is 26.3 Å². The van der Waals surface area contributed by atoms with E-state index in [1.54, 1.807) is 0 Å². The molecular weight excluding hydrogens is 264 g/mol. The highest BCUT2D eigenvalue weighted by Crippen LogP contribution is 2.30. The van der Waals surface area contributed by atoms with Gasteiger partial charge in [0, 0.05) is 26.2 Å². The molecule has 1 aromatic carbocycles. The van der Waals surface area contributed by atoms with Crippen molar-refractivity contribution in [1.82, 2.24) is 9.80 Å². The molecule has 116 valence electrons. The van der Waals surface area contributed by atoms with Crippen LogP contribution in [0.4, 0.5) is 0 Å². The predicted molar refractivity (Wildman–Crippen MR) is 84.7 cm³/mol. The number of piperazine rings is 1. The van der Waals surface area contributed by atoms with Gasteiger partial charge < -0.3 is 14.5 Å². The minimum absolute atomic E-state index is 0.00742. The maximum absolute atomic E-state index is 12.2. The van der Waals surface area contributed by atoms with Crippen LogP contribution in [0, 0.1) is 0 Å². The number of rotatable bonds is 3. The van der Waals surface area contributed by atoms with Gasteiger partial charge in [-0.3, -0.25) is 4.79 Å². The maximum Gasteiger partial charge on any atom is 0.260 e. The Kier molecular flexibility index (Phi) is 4.88. The van der Waals surface area contributed by atoms with Gasteiger partial charge in [-0.2, -0.15) is 0 Å². The van der Waals surface area contributed by atoms with E-state index >= 15 is 0 Å². The third-order valence-corrected chi connectivity index (χ3v) is 3.90. The lowest BCUT2D eigenvalue weighted by Crippen LogP contribution is -2.48. The molecule has 0 saturated carbocycles. The summed E-state index contributed by atoms with van der Waals surface area (Å²) in [4.78, 5) is 16.3. The van der Waals surface area contributed by atoms with E-state index in [0.29, 0.717) is 0 Å². The Bertz CT molecular complexity index is 486. The molecule has 1 aromatic rings. The van der Waals surface area contributed by atoms with Crippen LogP contribution in [0.25, 0.3) is 0 Å². The summed E-state index contributed by atoms with van der Waals surface area (Å²) in [5.74, 6) is 0.888. The van der Waals surface area contributed by atoms with E-state index in [4.69, 9.17) is 4.74 Å². The molecule has 21 heavy (non-hydrogen) atoms. The van der Waals surface area contributed by atoms with Gasteiger partial charge in [0.15, 0.2) is 6.61 Å². The smallest absolute Gasteiger partial charge is 0.260 e. The lowest BCUT2D eigenvalue weighted by atomic mass is 9.86. The number of likely N-dealkylation sites (N-methyl/N-ethyl adjacent to an activating group) is 1. The van der Waals surface area contributed by atoms with Crippen molar-refractivity contribution in [3.8, 4) is 5.75 Å². The Morgan fingerprint density at radius 1 is 1.14 bits per heavy atom. The van der Waals surface area contributed by atoms with E-state index in [1.165, 1.54) is 0 Å². The number of para-hydroxylation sites is 1. The number of nitrogens with zero attached hydrogens (tertiary/aromatic N) is 2. The zero-order chi connectivity index (χ0) is 15.5. The zero-order valence-electron chi connectivity index (χ0n) is 13.6. The molecule has 0 aliphatic carbocycles. The van der Waals surface area contributed by atoms with E-state index in [2.05, 4.69) is 38.8 Å². The third-order valence-electron chi connectivity index (χ3n) is 3.90. The number of ether oxygens (including phenoxy) is 1. The first-order chi connectivity index (χ1) is 9.88. The van der Waals surface area contributed by atoms with Crippen LogP contribution in [-0.4, -0.2) is 55.5 Å². The molecule has 0 radical (unpaired) electrons. The first-order valence-corrected chi connectivity index (χ1v) is 7.56. The van der Waals surface area contributed by atoms with Gasteiger partial charge in [0.1, 0.15) is 5.75 Å². The van der Waals surface area contributed by atoms with Crippen molar-refractivity contribution in [2.45, 2.75) is 26.2 Å². The van der Waals surface area contributed by atoms with Gasteiger partial charge in [-0.25, -0.2) is 0 Å². The largest absolute Gasteiger partial charge is 0.483 e. The van der Waals surface area contributed by atoms with E-state index in [1.807, 2.05) is 23.1 Å². The average molecular weight is 290 g/mol. The molecule has 0 bridgehead atoms. The highest BCUT2D eigenvalue weighted by atomic mass is 16.5. The first kappa shape index (κ1) is 15.8. The SMILES string of the molecule is CN1CCN(C(=O)COc2ccccc2C(C)(C)C)CC1. The van der Waals surface area contributed by atoms with Gasteiger partial charge in [-0.1, -0.05) is 39.0 Å². The minimum Gasteiger partial charge on any atom is -0.483 e. The summed E-state index contributed by atoms with van der Waals surface area (Å²) in [6, 6.07) is 7.97. The Morgan fingerprint density at radius 2 is 1.76 bits per heavy atom. The number of hydrogen-bond donors (Lipinski definition) is 0. The van der Waals surface area contributed by atoms with Crippen molar-refractivity contribution in [1.29, 1.82) is 0 Å². The molecular formula is C17H26N2O2. The van der Waals surface area contributed by atoms with Crippen molar-refractivity contribution in [2.75, 3.05) is 39.8 Å². The zero-order valence-corrected chi connectivity index (χ0v) is 13.6. The molecule has 4 nitrogen and oxygen atoms in total. The molecule has 1 saturated heterocycles. The molecule has 0 aromatic heterocycles. The summed E-state index contributed by atoms with van der Waals surface area (Å²) in [7, 11) is 2.08. The summed E-state index contributed by atoms with van der Waals surface area (Å²) < 4.78 is 5.80. The lowest BCUT2D eigenvalue weighted by Gasteiger charge is -2.32. The number of amides is 1. The molecule has 1 aliphatic heterocycles. The van der Waals surface area contributed by atoms with Crippen molar-refractivity contribution in [2.24, 2.45) is 0 Å². The van der Waals surface area contributed by atoms with Crippen LogP contribution in [-0.2, 0) is 10.2 Å². The Morgan fingerprint density at radius 3 is 2.38 bits per heavy atom. The second-order valence-corrected chi connectivity index (χ2v) is 6.72. The van der Waals surface area contributed by atoms with Crippen molar-refractivity contribution < 1.29 is 9.53 Å². The van der Waals surface area contributed by atoms with Gasteiger partial charge in [-0.15, -0.1) is 0 Å². The molecule has 1 amide bonds. The standard InChI is InChI=1S/C17H26N2O2/c1-17(2,3)14-7-5-6-8-15(14)21-13-16(20)19-11-9-18(4)10-12-19/h5-8H,9-13H2,1-4H3. The fraction of sp³-hybridized carbons (Fsp3) is 0.588. The van der Waals surface area contributed by atoms with Crippen LogP contribution in [0.5, 0.6) is 5.75 Å². The molecule has 0 N–H and O–H groups in total. The van der Waals surface area contributed by atoms with Gasteiger partial charge in [0.05, 0.1) is 0 Å². The van der Waals surface area contributed by atoms with Crippen molar-refractivity contribution in [3.05, 3.63) is 29.8 Å². The fourth-order valence-corrected chi connectivity index (χ4v) is 2.50. The summed E-state index contributed by atoms with van der Waals surface area (Å²) in [6.45, 7) is 10.0. The second-order valence-electron chi connectivity index (χ2n) is 6.72. The highest BCUT2D eigenvalue weighted by Gasteiger charge is 2.21.